The molecule has 0 aliphatic heterocycles. The zero-order chi connectivity index (χ0) is 29.0. The molecule has 0 spiro atoms. The summed E-state index contributed by atoms with van der Waals surface area (Å²) in [7, 11) is 3.13. The SMILES string of the molecule is [2H]C([2H])([2H])NC(=O)c1cnc(Cl)nc1Nc1cc(COCc2cc(F)cc(N)n2)cc(-c2ncn(C)n2)c1OC. The van der Waals surface area contributed by atoms with E-state index in [-0.39, 0.29) is 41.4 Å². The lowest BCUT2D eigenvalue weighted by atomic mass is 10.1. The zero-order valence-corrected chi connectivity index (χ0v) is 20.4. The van der Waals surface area contributed by atoms with E-state index in [9.17, 15) is 9.18 Å². The van der Waals surface area contributed by atoms with Crippen molar-refractivity contribution in [1.82, 2.24) is 35.0 Å². The van der Waals surface area contributed by atoms with Gasteiger partial charge in [0.15, 0.2) is 11.6 Å². The predicted octanol–water partition coefficient (Wildman–Crippen LogP) is 2.87. The summed E-state index contributed by atoms with van der Waals surface area (Å²) >= 11 is 5.98. The summed E-state index contributed by atoms with van der Waals surface area (Å²) in [6.07, 6.45) is 2.60. The summed E-state index contributed by atoms with van der Waals surface area (Å²) in [5, 5.41) is 9.02. The number of anilines is 3. The number of nitrogens with one attached hydrogen (secondary N) is 2. The number of aryl methyl sites for hydroxylation is 1. The average molecular weight is 531 g/mol. The van der Waals surface area contributed by atoms with Crippen LogP contribution in [-0.4, -0.2) is 49.7 Å². The van der Waals surface area contributed by atoms with E-state index in [4.69, 9.17) is 30.9 Å². The number of nitrogen functional groups attached to an aromatic ring is 1. The number of amides is 1. The van der Waals surface area contributed by atoms with Crippen LogP contribution in [0.25, 0.3) is 11.4 Å². The van der Waals surface area contributed by atoms with Crippen LogP contribution < -0.4 is 21.1 Å². The Morgan fingerprint density at radius 3 is 2.78 bits per heavy atom. The molecule has 1 amide bonds. The Morgan fingerprint density at radius 2 is 2.08 bits per heavy atom. The first-order valence-electron chi connectivity index (χ1n) is 12.1. The Bertz CT molecular complexity index is 1530. The van der Waals surface area contributed by atoms with Gasteiger partial charge in [0.25, 0.3) is 5.91 Å². The van der Waals surface area contributed by atoms with Crippen molar-refractivity contribution >= 4 is 34.8 Å². The highest BCUT2D eigenvalue weighted by molar-refractivity contribution is 6.28. The van der Waals surface area contributed by atoms with Crippen molar-refractivity contribution in [3.8, 4) is 17.1 Å². The van der Waals surface area contributed by atoms with Crippen LogP contribution in [0.2, 0.25) is 5.28 Å². The summed E-state index contributed by atoms with van der Waals surface area (Å²) < 4.78 is 48.6. The number of carbonyl (C=O) groups excluding carboxylic acids is 1. The fraction of sp³-hybridized carbons (Fsp3) is 0.217. The first-order chi connectivity index (χ1) is 18.9. The molecule has 4 aromatic rings. The minimum absolute atomic E-state index is 0.0277. The summed E-state index contributed by atoms with van der Waals surface area (Å²) in [4.78, 5) is 28.9. The summed E-state index contributed by atoms with van der Waals surface area (Å²) in [5.74, 6) is -0.938. The normalized spacial score (nSPS) is 12.4. The van der Waals surface area contributed by atoms with Gasteiger partial charge in [-0.15, -0.1) is 0 Å². The Kier molecular flexibility index (Phi) is 6.59. The van der Waals surface area contributed by atoms with Crippen LogP contribution in [0, 0.1) is 5.82 Å². The molecule has 0 aliphatic carbocycles. The van der Waals surface area contributed by atoms with E-state index in [2.05, 4.69) is 30.4 Å². The van der Waals surface area contributed by atoms with Crippen molar-refractivity contribution in [2.75, 3.05) is 25.1 Å². The second-order valence-corrected chi connectivity index (χ2v) is 7.98. The molecule has 0 fully saturated rings. The number of hydrogen-bond acceptors (Lipinski definition) is 10. The standard InChI is InChI=1S/C23H23ClFN9O3/c1-27-22(35)16-8-28-23(24)32-21(16)31-17-5-12(9-37-10-14-6-13(25)7-18(26)30-14)4-15(19(17)36-3)20-29-11-34(2)33-20/h4-8,11H,9-10H2,1-3H3,(H2,26,30)(H,27,35)(H,28,31,32)/i1D3. The van der Waals surface area contributed by atoms with Gasteiger partial charge in [-0.2, -0.15) is 10.1 Å². The van der Waals surface area contributed by atoms with Crippen molar-refractivity contribution in [1.29, 1.82) is 0 Å². The molecule has 3 aromatic heterocycles. The van der Waals surface area contributed by atoms with Crippen LogP contribution in [0.3, 0.4) is 0 Å². The topological polar surface area (TPSA) is 155 Å². The molecule has 12 nitrogen and oxygen atoms in total. The van der Waals surface area contributed by atoms with Gasteiger partial charge in [-0.1, -0.05) is 0 Å². The van der Waals surface area contributed by atoms with Crippen molar-refractivity contribution < 1.29 is 22.8 Å². The molecule has 0 radical (unpaired) electrons. The second kappa shape index (κ2) is 11.1. The molecule has 0 unspecified atom stereocenters. The molecule has 0 aliphatic rings. The van der Waals surface area contributed by atoms with Gasteiger partial charge in [0, 0.05) is 30.4 Å². The highest BCUT2D eigenvalue weighted by Crippen LogP contribution is 2.38. The molecular formula is C23H23ClFN9O3. The van der Waals surface area contributed by atoms with Crippen molar-refractivity contribution in [3.63, 3.8) is 0 Å². The lowest BCUT2D eigenvalue weighted by Crippen LogP contribution is -2.20. The maximum atomic E-state index is 13.7. The van der Waals surface area contributed by atoms with Gasteiger partial charge in [-0.3, -0.25) is 9.48 Å². The summed E-state index contributed by atoms with van der Waals surface area (Å²) in [6.45, 7) is -2.75. The third-order valence-electron chi connectivity index (χ3n) is 4.95. The Balaban J connectivity index is 1.72. The van der Waals surface area contributed by atoms with Gasteiger partial charge >= 0.3 is 0 Å². The molecule has 1 aromatic carbocycles. The Hall–Kier alpha value is -4.36. The second-order valence-electron chi connectivity index (χ2n) is 7.64. The maximum Gasteiger partial charge on any atom is 0.256 e. The number of carbonyl (C=O) groups is 1. The number of nitrogens with two attached hydrogens (primary N) is 1. The van der Waals surface area contributed by atoms with E-state index in [0.717, 1.165) is 12.3 Å². The number of ether oxygens (including phenoxy) is 2. The Labute approximate surface area is 220 Å². The van der Waals surface area contributed by atoms with E-state index >= 15 is 0 Å². The van der Waals surface area contributed by atoms with Gasteiger partial charge in [0.1, 0.15) is 29.3 Å². The summed E-state index contributed by atoms with van der Waals surface area (Å²) in [5.41, 5.74) is 7.10. The van der Waals surface area contributed by atoms with Gasteiger partial charge in [-0.05, 0) is 35.4 Å². The number of halogens is 2. The minimum Gasteiger partial charge on any atom is -0.494 e. The molecule has 4 N–H and O–H groups in total. The first-order valence-corrected chi connectivity index (χ1v) is 11.0. The van der Waals surface area contributed by atoms with E-state index < -0.39 is 18.7 Å². The van der Waals surface area contributed by atoms with Crippen LogP contribution in [-0.2, 0) is 25.0 Å². The van der Waals surface area contributed by atoms with Gasteiger partial charge in [0.05, 0.1) is 37.3 Å². The number of nitrogens with zero attached hydrogens (tertiary/aromatic N) is 6. The van der Waals surface area contributed by atoms with Crippen molar-refractivity contribution in [2.24, 2.45) is 7.05 Å². The number of methoxy groups -OCH3 is 1. The summed E-state index contributed by atoms with van der Waals surface area (Å²) in [6, 6.07) is 5.70. The molecule has 0 atom stereocenters. The smallest absolute Gasteiger partial charge is 0.256 e. The van der Waals surface area contributed by atoms with Crippen LogP contribution in [0.15, 0.2) is 36.8 Å². The molecule has 4 rings (SSSR count). The fourth-order valence-electron chi connectivity index (χ4n) is 3.45. The van der Waals surface area contributed by atoms with E-state index in [1.807, 2.05) is 5.32 Å². The number of benzene rings is 1. The zero-order valence-electron chi connectivity index (χ0n) is 22.6. The quantitative estimate of drug-likeness (QED) is 0.275. The highest BCUT2D eigenvalue weighted by Gasteiger charge is 2.20. The molecule has 37 heavy (non-hydrogen) atoms. The first kappa shape index (κ1) is 21.9. The third kappa shape index (κ3) is 6.08. The average Bonchev–Trinajstić information content (AvgIpc) is 3.28. The molecule has 0 saturated heterocycles. The monoisotopic (exact) mass is 530 g/mol. The van der Waals surface area contributed by atoms with E-state index in [1.165, 1.54) is 24.2 Å². The number of aromatic nitrogens is 6. The van der Waals surface area contributed by atoms with Crippen LogP contribution >= 0.6 is 11.6 Å². The van der Waals surface area contributed by atoms with Crippen LogP contribution in [0.5, 0.6) is 5.75 Å². The predicted molar refractivity (Wildman–Crippen MR) is 134 cm³/mol. The van der Waals surface area contributed by atoms with Gasteiger partial charge in [-0.25, -0.2) is 19.3 Å². The minimum atomic E-state index is -2.75. The lowest BCUT2D eigenvalue weighted by molar-refractivity contribution is 0.0963. The molecule has 0 bridgehead atoms. The molecular weight excluding hydrogens is 505 g/mol. The van der Waals surface area contributed by atoms with Crippen molar-refractivity contribution in [3.05, 3.63) is 64.7 Å². The molecule has 192 valence electrons. The van der Waals surface area contributed by atoms with Crippen molar-refractivity contribution in [2.45, 2.75) is 13.2 Å². The maximum absolute atomic E-state index is 13.7. The fourth-order valence-corrected chi connectivity index (χ4v) is 3.58. The van der Waals surface area contributed by atoms with E-state index in [1.54, 1.807) is 19.2 Å². The molecule has 14 heteroatoms. The van der Waals surface area contributed by atoms with Gasteiger partial charge < -0.3 is 25.8 Å². The number of pyridine rings is 1. The van der Waals surface area contributed by atoms with Gasteiger partial charge in [0.2, 0.25) is 5.28 Å². The lowest BCUT2D eigenvalue weighted by Gasteiger charge is -2.17. The van der Waals surface area contributed by atoms with Crippen LogP contribution in [0.4, 0.5) is 21.7 Å². The molecule has 3 heterocycles. The van der Waals surface area contributed by atoms with Crippen LogP contribution in [0.1, 0.15) is 25.7 Å². The third-order valence-corrected chi connectivity index (χ3v) is 5.13. The highest BCUT2D eigenvalue weighted by atomic mass is 35.5. The Morgan fingerprint density at radius 1 is 1.24 bits per heavy atom. The number of rotatable bonds is 9. The molecule has 0 saturated carbocycles. The largest absolute Gasteiger partial charge is 0.494 e. The number of hydrogen-bond donors (Lipinski definition) is 3. The van der Waals surface area contributed by atoms with E-state index in [0.29, 0.717) is 28.3 Å².